The van der Waals surface area contributed by atoms with E-state index in [2.05, 4.69) is 185 Å². The molecule has 0 aliphatic heterocycles. The van der Waals surface area contributed by atoms with Gasteiger partial charge in [0.15, 0.2) is 0 Å². The Labute approximate surface area is 313 Å². The molecule has 2 aromatic heterocycles. The van der Waals surface area contributed by atoms with Crippen LogP contribution in [0.3, 0.4) is 0 Å². The van der Waals surface area contributed by atoms with E-state index in [0.29, 0.717) is 12.2 Å². The fraction of sp³-hybridized carbons (Fsp3) is 0.0200. The van der Waals surface area contributed by atoms with E-state index in [9.17, 15) is 0 Å². The minimum atomic E-state index is 0.497. The van der Waals surface area contributed by atoms with Crippen molar-refractivity contribution < 1.29 is 0 Å². The molecule has 0 bridgehead atoms. The highest BCUT2D eigenvalue weighted by Crippen LogP contribution is 2.38. The van der Waals surface area contributed by atoms with Crippen LogP contribution in [-0.4, -0.2) is 14.8 Å². The molecule has 4 heteroatoms. The molecule has 0 spiro atoms. The molecular weight excluding hydrogens is 657 g/mol. The molecule has 0 aliphatic rings. The summed E-state index contributed by atoms with van der Waals surface area (Å²) in [6.07, 6.45) is 2.18. The molecule has 256 valence electrons. The standard InChI is InChI=1S/C50H36N4/c51-46-19-8-6-18-45(46)48(37-24-21-36(22-25-37)40-26-23-35-12-4-5-13-39(35)32-40)52-33-34-11-10-16-42(31-34)54-47-20-9-7-17-43(47)44-28-27-38-29-30-53(49(38)50(44)54)41-14-2-1-3-15-41/h1-32H,33,51H2. The van der Waals surface area contributed by atoms with E-state index in [1.54, 1.807) is 0 Å². The summed E-state index contributed by atoms with van der Waals surface area (Å²) in [5, 5.41) is 6.13. The van der Waals surface area contributed by atoms with Crippen LogP contribution in [-0.2, 0) is 6.54 Å². The molecule has 10 rings (SSSR count). The lowest BCUT2D eigenvalue weighted by atomic mass is 9.96. The third-order valence-electron chi connectivity index (χ3n) is 10.6. The number of fused-ring (bicyclic) bond motifs is 6. The highest BCUT2D eigenvalue weighted by molar-refractivity contribution is 6.18. The van der Waals surface area contributed by atoms with Crippen LogP contribution in [0.5, 0.6) is 0 Å². The molecule has 0 saturated carbocycles. The number of benzene rings is 8. The second-order valence-corrected chi connectivity index (χ2v) is 13.8. The maximum atomic E-state index is 6.60. The first-order valence-corrected chi connectivity index (χ1v) is 18.4. The van der Waals surface area contributed by atoms with Gasteiger partial charge >= 0.3 is 0 Å². The van der Waals surface area contributed by atoms with E-state index in [1.165, 1.54) is 49.0 Å². The van der Waals surface area contributed by atoms with Gasteiger partial charge in [-0.2, -0.15) is 0 Å². The van der Waals surface area contributed by atoms with Gasteiger partial charge in [-0.15, -0.1) is 0 Å². The van der Waals surface area contributed by atoms with Crippen molar-refractivity contribution in [2.45, 2.75) is 6.54 Å². The fourth-order valence-corrected chi connectivity index (χ4v) is 7.94. The number of anilines is 1. The average Bonchev–Trinajstić information content (AvgIpc) is 3.82. The van der Waals surface area contributed by atoms with Gasteiger partial charge in [0, 0.05) is 50.5 Å². The van der Waals surface area contributed by atoms with E-state index >= 15 is 0 Å². The summed E-state index contributed by atoms with van der Waals surface area (Å²) in [5.41, 5.74) is 19.4. The van der Waals surface area contributed by atoms with Gasteiger partial charge in [0.1, 0.15) is 0 Å². The van der Waals surface area contributed by atoms with E-state index in [1.807, 2.05) is 18.2 Å². The summed E-state index contributed by atoms with van der Waals surface area (Å²) < 4.78 is 4.73. The highest BCUT2D eigenvalue weighted by Gasteiger charge is 2.18. The maximum Gasteiger partial charge on any atom is 0.0788 e. The first-order chi connectivity index (χ1) is 26.7. The Balaban J connectivity index is 1.07. The second-order valence-electron chi connectivity index (χ2n) is 13.8. The Kier molecular flexibility index (Phi) is 7.66. The summed E-state index contributed by atoms with van der Waals surface area (Å²) in [4.78, 5) is 5.30. The molecule has 8 aromatic carbocycles. The second kappa shape index (κ2) is 13.1. The minimum absolute atomic E-state index is 0.497. The number of aromatic nitrogens is 2. The molecule has 0 fully saturated rings. The Morgan fingerprint density at radius 2 is 1.22 bits per heavy atom. The number of hydrogen-bond donors (Lipinski definition) is 1. The summed E-state index contributed by atoms with van der Waals surface area (Å²) in [6.45, 7) is 0.497. The van der Waals surface area contributed by atoms with E-state index in [-0.39, 0.29) is 0 Å². The number of hydrogen-bond acceptors (Lipinski definition) is 2. The van der Waals surface area contributed by atoms with Crippen molar-refractivity contribution >= 4 is 54.9 Å². The normalized spacial score (nSPS) is 12.0. The van der Waals surface area contributed by atoms with Crippen molar-refractivity contribution in [3.63, 3.8) is 0 Å². The van der Waals surface area contributed by atoms with Gasteiger partial charge in [-0.3, -0.25) is 4.99 Å². The minimum Gasteiger partial charge on any atom is -0.398 e. The molecule has 2 heterocycles. The lowest BCUT2D eigenvalue weighted by Crippen LogP contribution is -2.08. The predicted molar refractivity (Wildman–Crippen MR) is 227 cm³/mol. The third kappa shape index (κ3) is 5.44. The van der Waals surface area contributed by atoms with Crippen LogP contribution >= 0.6 is 0 Å². The first-order valence-electron chi connectivity index (χ1n) is 18.4. The van der Waals surface area contributed by atoms with Crippen LogP contribution in [0.25, 0.3) is 66.0 Å². The molecule has 0 aliphatic carbocycles. The largest absolute Gasteiger partial charge is 0.398 e. The van der Waals surface area contributed by atoms with Crippen LogP contribution in [0.1, 0.15) is 16.7 Å². The quantitative estimate of drug-likeness (QED) is 0.131. The summed E-state index contributed by atoms with van der Waals surface area (Å²) in [7, 11) is 0. The third-order valence-corrected chi connectivity index (χ3v) is 10.6. The van der Waals surface area contributed by atoms with Gasteiger partial charge in [0.25, 0.3) is 0 Å². The van der Waals surface area contributed by atoms with Crippen LogP contribution in [0, 0.1) is 0 Å². The van der Waals surface area contributed by atoms with Crippen LogP contribution in [0.15, 0.2) is 199 Å². The van der Waals surface area contributed by atoms with E-state index in [4.69, 9.17) is 10.7 Å². The Morgan fingerprint density at radius 1 is 0.500 bits per heavy atom. The summed E-state index contributed by atoms with van der Waals surface area (Å²) >= 11 is 0. The number of aliphatic imine (C=N–C) groups is 1. The molecule has 10 aromatic rings. The summed E-state index contributed by atoms with van der Waals surface area (Å²) in [5.74, 6) is 0. The van der Waals surface area contributed by atoms with Gasteiger partial charge in [0.05, 0.1) is 28.8 Å². The molecule has 0 atom stereocenters. The number of nitrogens with two attached hydrogens (primary N) is 1. The van der Waals surface area contributed by atoms with E-state index < -0.39 is 0 Å². The fourth-order valence-electron chi connectivity index (χ4n) is 7.94. The molecule has 0 unspecified atom stereocenters. The lowest BCUT2D eigenvalue weighted by molar-refractivity contribution is 1.05. The first kappa shape index (κ1) is 31.6. The van der Waals surface area contributed by atoms with Crippen molar-refractivity contribution in [1.29, 1.82) is 0 Å². The molecular formula is C50H36N4. The molecule has 4 nitrogen and oxygen atoms in total. The number of rotatable bonds is 7. The van der Waals surface area contributed by atoms with Gasteiger partial charge in [-0.05, 0) is 76.0 Å². The molecule has 54 heavy (non-hydrogen) atoms. The van der Waals surface area contributed by atoms with Crippen LogP contribution in [0.4, 0.5) is 5.69 Å². The highest BCUT2D eigenvalue weighted by atomic mass is 15.0. The molecule has 0 amide bonds. The number of para-hydroxylation sites is 3. The average molecular weight is 693 g/mol. The predicted octanol–water partition coefficient (Wildman–Crippen LogP) is 12.2. The van der Waals surface area contributed by atoms with Gasteiger partial charge in [-0.1, -0.05) is 140 Å². The van der Waals surface area contributed by atoms with Crippen LogP contribution < -0.4 is 5.73 Å². The maximum absolute atomic E-state index is 6.60. The van der Waals surface area contributed by atoms with Crippen molar-refractivity contribution in [2.24, 2.45) is 4.99 Å². The van der Waals surface area contributed by atoms with E-state index in [0.717, 1.165) is 39.3 Å². The molecule has 0 radical (unpaired) electrons. The van der Waals surface area contributed by atoms with Crippen molar-refractivity contribution in [3.05, 3.63) is 211 Å². The van der Waals surface area contributed by atoms with Crippen molar-refractivity contribution in [2.75, 3.05) is 5.73 Å². The zero-order chi connectivity index (χ0) is 36.0. The van der Waals surface area contributed by atoms with Crippen molar-refractivity contribution in [1.82, 2.24) is 9.13 Å². The van der Waals surface area contributed by atoms with Gasteiger partial charge < -0.3 is 14.9 Å². The zero-order valence-electron chi connectivity index (χ0n) is 29.6. The SMILES string of the molecule is Nc1ccccc1C(=NCc1cccc(-n2c3ccccc3c3ccc4ccn(-c5ccccc5)c4c32)c1)c1ccc(-c2ccc3ccccc3c2)cc1. The monoisotopic (exact) mass is 692 g/mol. The molecule has 0 saturated heterocycles. The van der Waals surface area contributed by atoms with Crippen molar-refractivity contribution in [3.8, 4) is 22.5 Å². The van der Waals surface area contributed by atoms with Gasteiger partial charge in [-0.25, -0.2) is 0 Å². The zero-order valence-corrected chi connectivity index (χ0v) is 29.6. The van der Waals surface area contributed by atoms with Gasteiger partial charge in [0.2, 0.25) is 0 Å². The summed E-state index contributed by atoms with van der Waals surface area (Å²) in [6, 6.07) is 66.6. The lowest BCUT2D eigenvalue weighted by Gasteiger charge is -2.14. The Hall–Kier alpha value is -7.17. The number of nitrogens with zero attached hydrogens (tertiary/aromatic N) is 3. The topological polar surface area (TPSA) is 48.2 Å². The Morgan fingerprint density at radius 3 is 2.09 bits per heavy atom. The Bertz CT molecular complexity index is 3020. The smallest absolute Gasteiger partial charge is 0.0788 e. The molecule has 2 N–H and O–H groups in total. The number of nitrogen functional groups attached to an aromatic ring is 1. The van der Waals surface area contributed by atoms with Crippen LogP contribution in [0.2, 0.25) is 0 Å².